The number of benzene rings is 1. The summed E-state index contributed by atoms with van der Waals surface area (Å²) in [6.45, 7) is 9.56. The molecule has 1 rings (SSSR count). The van der Waals surface area contributed by atoms with Crippen molar-refractivity contribution in [3.63, 3.8) is 0 Å². The van der Waals surface area contributed by atoms with Crippen molar-refractivity contribution in [1.82, 2.24) is 0 Å². The minimum Gasteiger partial charge on any atom is -0.289 e. The van der Waals surface area contributed by atoms with E-state index in [-0.39, 0.29) is 5.78 Å². The average Bonchev–Trinajstić information content (AvgIpc) is 2.59. The van der Waals surface area contributed by atoms with Gasteiger partial charge in [0.05, 0.1) is 0 Å². The van der Waals surface area contributed by atoms with Crippen LogP contribution in [0.15, 0.2) is 49.1 Å². The zero-order chi connectivity index (χ0) is 16.9. The molecular formula is C22H32O. The number of ketones is 1. The van der Waals surface area contributed by atoms with E-state index in [1.807, 2.05) is 12.1 Å². The standard InChI is InChI=1S/C22H32O/c1-4-6-7-8-9-10-11-12-13-14-20-15-17-21(18-16-20)22(23)19(3)5-2/h5,15-18H,2-4,6-14H2,1H3. The summed E-state index contributed by atoms with van der Waals surface area (Å²) in [4.78, 5) is 11.9. The molecule has 0 fully saturated rings. The summed E-state index contributed by atoms with van der Waals surface area (Å²) in [5, 5.41) is 0. The third-order valence-electron chi connectivity index (χ3n) is 4.32. The van der Waals surface area contributed by atoms with Crippen LogP contribution in [-0.2, 0) is 6.42 Å². The quantitative estimate of drug-likeness (QED) is 0.172. The van der Waals surface area contributed by atoms with Crippen LogP contribution in [0.5, 0.6) is 0 Å². The van der Waals surface area contributed by atoms with E-state index in [4.69, 9.17) is 0 Å². The Labute approximate surface area is 142 Å². The van der Waals surface area contributed by atoms with E-state index in [1.165, 1.54) is 69.4 Å². The Morgan fingerprint density at radius 2 is 1.43 bits per heavy atom. The lowest BCUT2D eigenvalue weighted by molar-refractivity contribution is 0.103. The molecule has 0 spiro atoms. The highest BCUT2D eigenvalue weighted by molar-refractivity contribution is 6.10. The minimum atomic E-state index is -0.0328. The molecule has 126 valence electrons. The lowest BCUT2D eigenvalue weighted by Gasteiger charge is -2.05. The number of carbonyl (C=O) groups excluding carboxylic acids is 1. The Morgan fingerprint density at radius 1 is 0.913 bits per heavy atom. The fourth-order valence-corrected chi connectivity index (χ4v) is 2.74. The normalized spacial score (nSPS) is 10.5. The van der Waals surface area contributed by atoms with E-state index in [2.05, 4.69) is 32.2 Å². The highest BCUT2D eigenvalue weighted by atomic mass is 16.1. The fraction of sp³-hybridized carbons (Fsp3) is 0.500. The monoisotopic (exact) mass is 312 g/mol. The van der Waals surface area contributed by atoms with Gasteiger partial charge in [0.25, 0.3) is 0 Å². The number of aryl methyl sites for hydroxylation is 1. The number of allylic oxidation sites excluding steroid dienone is 2. The number of Topliss-reactive ketones (excluding diaryl/α,β-unsaturated/α-hetero) is 1. The number of carbonyl (C=O) groups is 1. The lowest BCUT2D eigenvalue weighted by atomic mass is 10.00. The molecule has 0 heterocycles. The van der Waals surface area contributed by atoms with E-state index in [0.717, 1.165) is 6.42 Å². The zero-order valence-electron chi connectivity index (χ0n) is 14.8. The van der Waals surface area contributed by atoms with Gasteiger partial charge in [-0.2, -0.15) is 0 Å². The third kappa shape index (κ3) is 7.97. The van der Waals surface area contributed by atoms with Gasteiger partial charge >= 0.3 is 0 Å². The first-order valence-electron chi connectivity index (χ1n) is 9.14. The summed E-state index contributed by atoms with van der Waals surface area (Å²) in [5.74, 6) is -0.0328. The molecule has 0 unspecified atom stereocenters. The molecule has 0 aliphatic heterocycles. The number of hydrogen-bond acceptors (Lipinski definition) is 1. The van der Waals surface area contributed by atoms with Crippen LogP contribution in [0.3, 0.4) is 0 Å². The van der Waals surface area contributed by atoms with Crippen LogP contribution in [0.4, 0.5) is 0 Å². The minimum absolute atomic E-state index is 0.0328. The van der Waals surface area contributed by atoms with Gasteiger partial charge in [-0.15, -0.1) is 0 Å². The molecule has 0 N–H and O–H groups in total. The van der Waals surface area contributed by atoms with Gasteiger partial charge in [-0.25, -0.2) is 0 Å². The van der Waals surface area contributed by atoms with E-state index in [0.29, 0.717) is 11.1 Å². The summed E-state index contributed by atoms with van der Waals surface area (Å²) in [6, 6.07) is 7.93. The second kappa shape index (κ2) is 11.9. The van der Waals surface area contributed by atoms with Gasteiger partial charge in [-0.3, -0.25) is 4.79 Å². The maximum Gasteiger partial charge on any atom is 0.192 e. The Hall–Kier alpha value is -1.63. The van der Waals surface area contributed by atoms with Crippen LogP contribution in [0.2, 0.25) is 0 Å². The predicted octanol–water partition coefficient (Wildman–Crippen LogP) is 6.68. The molecule has 1 heteroatoms. The van der Waals surface area contributed by atoms with Gasteiger partial charge in [-0.1, -0.05) is 102 Å². The van der Waals surface area contributed by atoms with Gasteiger partial charge in [0.2, 0.25) is 0 Å². The maximum absolute atomic E-state index is 11.9. The Bertz CT molecular complexity index is 481. The van der Waals surface area contributed by atoms with E-state index >= 15 is 0 Å². The Morgan fingerprint density at radius 3 is 1.96 bits per heavy atom. The van der Waals surface area contributed by atoms with E-state index < -0.39 is 0 Å². The molecule has 0 amide bonds. The van der Waals surface area contributed by atoms with E-state index in [9.17, 15) is 4.79 Å². The molecule has 1 nitrogen and oxygen atoms in total. The van der Waals surface area contributed by atoms with Crippen molar-refractivity contribution in [1.29, 1.82) is 0 Å². The first kappa shape index (κ1) is 19.4. The summed E-state index contributed by atoms with van der Waals surface area (Å²) >= 11 is 0. The highest BCUT2D eigenvalue weighted by Gasteiger charge is 2.06. The third-order valence-corrected chi connectivity index (χ3v) is 4.32. The Balaban J connectivity index is 2.17. The van der Waals surface area contributed by atoms with Crippen LogP contribution in [0, 0.1) is 0 Å². The molecule has 1 aromatic rings. The lowest BCUT2D eigenvalue weighted by Crippen LogP contribution is -2.00. The molecule has 0 radical (unpaired) electrons. The van der Waals surface area contributed by atoms with Gasteiger partial charge in [0.15, 0.2) is 5.78 Å². The molecule has 0 atom stereocenters. The summed E-state index contributed by atoms with van der Waals surface area (Å²) in [6.07, 6.45) is 14.8. The second-order valence-electron chi connectivity index (χ2n) is 6.33. The molecular weight excluding hydrogens is 280 g/mol. The van der Waals surface area contributed by atoms with Crippen LogP contribution < -0.4 is 0 Å². The summed E-state index contributed by atoms with van der Waals surface area (Å²) in [5.41, 5.74) is 2.47. The van der Waals surface area contributed by atoms with Crippen LogP contribution in [0.1, 0.15) is 80.6 Å². The van der Waals surface area contributed by atoms with Crippen LogP contribution in [-0.4, -0.2) is 5.78 Å². The van der Waals surface area contributed by atoms with Crippen molar-refractivity contribution in [2.24, 2.45) is 0 Å². The van der Waals surface area contributed by atoms with Crippen molar-refractivity contribution < 1.29 is 4.79 Å². The number of rotatable bonds is 13. The maximum atomic E-state index is 11.9. The largest absolute Gasteiger partial charge is 0.289 e. The molecule has 0 aliphatic rings. The molecule has 0 aliphatic carbocycles. The summed E-state index contributed by atoms with van der Waals surface area (Å²) < 4.78 is 0. The highest BCUT2D eigenvalue weighted by Crippen LogP contribution is 2.14. The molecule has 23 heavy (non-hydrogen) atoms. The van der Waals surface area contributed by atoms with Crippen LogP contribution >= 0.6 is 0 Å². The molecule has 0 bridgehead atoms. The van der Waals surface area contributed by atoms with Gasteiger partial charge < -0.3 is 0 Å². The molecule has 0 saturated carbocycles. The number of unbranched alkanes of at least 4 members (excludes halogenated alkanes) is 8. The number of hydrogen-bond donors (Lipinski definition) is 0. The van der Waals surface area contributed by atoms with Gasteiger partial charge in [0.1, 0.15) is 0 Å². The molecule has 0 saturated heterocycles. The van der Waals surface area contributed by atoms with Gasteiger partial charge in [0, 0.05) is 11.1 Å². The fourth-order valence-electron chi connectivity index (χ4n) is 2.74. The van der Waals surface area contributed by atoms with Gasteiger partial charge in [-0.05, 0) is 18.4 Å². The van der Waals surface area contributed by atoms with Crippen molar-refractivity contribution in [3.8, 4) is 0 Å². The first-order valence-corrected chi connectivity index (χ1v) is 9.14. The smallest absolute Gasteiger partial charge is 0.192 e. The predicted molar refractivity (Wildman–Crippen MR) is 101 cm³/mol. The van der Waals surface area contributed by atoms with Crippen molar-refractivity contribution in [2.45, 2.75) is 71.1 Å². The average molecular weight is 312 g/mol. The summed E-state index contributed by atoms with van der Waals surface area (Å²) in [7, 11) is 0. The zero-order valence-corrected chi connectivity index (χ0v) is 14.8. The first-order chi connectivity index (χ1) is 11.2. The second-order valence-corrected chi connectivity index (χ2v) is 6.33. The Kier molecular flexibility index (Phi) is 10.0. The van der Waals surface area contributed by atoms with Crippen molar-refractivity contribution >= 4 is 5.78 Å². The van der Waals surface area contributed by atoms with Crippen LogP contribution in [0.25, 0.3) is 0 Å². The SMILES string of the molecule is C=CC(=C)C(=O)c1ccc(CCCCCCCCCCC)cc1. The van der Waals surface area contributed by atoms with Crippen molar-refractivity contribution in [3.05, 3.63) is 60.2 Å². The molecule has 0 aromatic heterocycles. The topological polar surface area (TPSA) is 17.1 Å². The molecule has 1 aromatic carbocycles. The van der Waals surface area contributed by atoms with Crippen molar-refractivity contribution in [2.75, 3.05) is 0 Å². The van der Waals surface area contributed by atoms with E-state index in [1.54, 1.807) is 0 Å².